The van der Waals surface area contributed by atoms with Crippen LogP contribution < -0.4 is 4.65 Å². The second-order valence-corrected chi connectivity index (χ2v) is 6.82. The molecule has 4 rings (SSSR count). The Kier molecular flexibility index (Phi) is 3.16. The molecular formula is C18H15BClF2NO. The third kappa shape index (κ3) is 1.91. The van der Waals surface area contributed by atoms with Gasteiger partial charge in [0.15, 0.2) is 11.4 Å². The summed E-state index contributed by atoms with van der Waals surface area (Å²) in [5, 5.41) is 0.523. The van der Waals surface area contributed by atoms with E-state index in [2.05, 4.69) is 6.58 Å². The standard InChI is InChI=1S/C18H15BClF2NO/c1-3-10-18(2)14-11-12(20)8-9-15(14)23-17(18)13-6-4-5-7-16(13)24-19(23,21)22/h3-9,11H,1,10H2,2H3. The van der Waals surface area contributed by atoms with Crippen molar-refractivity contribution in [2.24, 2.45) is 0 Å². The first-order valence-corrected chi connectivity index (χ1v) is 8.13. The molecule has 2 aliphatic rings. The highest BCUT2D eigenvalue weighted by molar-refractivity contribution is 6.54. The Morgan fingerprint density at radius 1 is 1.29 bits per heavy atom. The van der Waals surface area contributed by atoms with Gasteiger partial charge in [0.1, 0.15) is 0 Å². The van der Waals surface area contributed by atoms with Crippen LogP contribution in [0.3, 0.4) is 0 Å². The van der Waals surface area contributed by atoms with Crippen molar-refractivity contribution < 1.29 is 17.8 Å². The van der Waals surface area contributed by atoms with E-state index >= 15 is 0 Å². The zero-order valence-electron chi connectivity index (χ0n) is 13.1. The maximum Gasteiger partial charge on any atom is 0.834 e. The second-order valence-electron chi connectivity index (χ2n) is 6.38. The molecule has 1 atom stereocenters. The van der Waals surface area contributed by atoms with Gasteiger partial charge in [0.05, 0.1) is 16.7 Å². The molecule has 0 N–H and O–H groups in total. The van der Waals surface area contributed by atoms with E-state index in [-0.39, 0.29) is 5.75 Å². The van der Waals surface area contributed by atoms with Gasteiger partial charge in [-0.25, -0.2) is 0 Å². The quantitative estimate of drug-likeness (QED) is 0.545. The van der Waals surface area contributed by atoms with E-state index in [1.165, 1.54) is 0 Å². The molecule has 0 saturated carbocycles. The Morgan fingerprint density at radius 3 is 2.79 bits per heavy atom. The summed E-state index contributed by atoms with van der Waals surface area (Å²) < 4.78 is 35.9. The Hall–Kier alpha value is -2.14. The van der Waals surface area contributed by atoms with Crippen LogP contribution in [0.5, 0.6) is 5.75 Å². The van der Waals surface area contributed by atoms with Crippen molar-refractivity contribution in [3.63, 3.8) is 0 Å². The molecule has 2 heterocycles. The third-order valence-electron chi connectivity index (χ3n) is 4.84. The van der Waals surface area contributed by atoms with Gasteiger partial charge >= 0.3 is 7.04 Å². The lowest BCUT2D eigenvalue weighted by Crippen LogP contribution is -2.50. The Labute approximate surface area is 144 Å². The topological polar surface area (TPSA) is 12.2 Å². The minimum absolute atomic E-state index is 0.211. The SMILES string of the molecule is C=CCC1(C)C2=[N+](c3ccc(Cl)cc31)[B-](F)(F)Oc1ccccc12. The lowest BCUT2D eigenvalue weighted by atomic mass is 9.74. The van der Waals surface area contributed by atoms with Crippen molar-refractivity contribution in [1.82, 2.24) is 0 Å². The molecule has 24 heavy (non-hydrogen) atoms. The van der Waals surface area contributed by atoms with E-state index in [0.717, 1.165) is 10.0 Å². The second kappa shape index (κ2) is 4.93. The molecular weight excluding hydrogens is 330 g/mol. The number of halogens is 3. The van der Waals surface area contributed by atoms with Crippen LogP contribution in [0.4, 0.5) is 14.3 Å². The maximum atomic E-state index is 14.9. The van der Waals surface area contributed by atoms with Crippen LogP contribution in [0.2, 0.25) is 5.02 Å². The van der Waals surface area contributed by atoms with Crippen molar-refractivity contribution in [3.8, 4) is 5.75 Å². The summed E-state index contributed by atoms with van der Waals surface area (Å²) >= 11 is 6.15. The van der Waals surface area contributed by atoms with Gasteiger partial charge < -0.3 is 17.8 Å². The Morgan fingerprint density at radius 2 is 2.04 bits per heavy atom. The van der Waals surface area contributed by atoms with Gasteiger partial charge in [-0.3, -0.25) is 0 Å². The predicted molar refractivity (Wildman–Crippen MR) is 92.7 cm³/mol. The smallest absolute Gasteiger partial charge is 0.599 e. The van der Waals surface area contributed by atoms with Crippen molar-refractivity contribution in [1.29, 1.82) is 0 Å². The van der Waals surface area contributed by atoms with Gasteiger partial charge in [0, 0.05) is 16.7 Å². The third-order valence-corrected chi connectivity index (χ3v) is 5.08. The van der Waals surface area contributed by atoms with Crippen LogP contribution in [0.15, 0.2) is 55.1 Å². The molecule has 0 amide bonds. The highest BCUT2D eigenvalue weighted by Gasteiger charge is 2.61. The molecule has 0 bridgehead atoms. The van der Waals surface area contributed by atoms with Gasteiger partial charge in [0.25, 0.3) is 0 Å². The number of hydrogen-bond donors (Lipinski definition) is 0. The minimum atomic E-state index is -4.22. The summed E-state index contributed by atoms with van der Waals surface area (Å²) in [7, 11) is -4.22. The van der Waals surface area contributed by atoms with Crippen molar-refractivity contribution in [2.45, 2.75) is 18.8 Å². The number of allylic oxidation sites excluding steroid dienone is 1. The normalized spacial score (nSPS) is 23.2. The van der Waals surface area contributed by atoms with Crippen molar-refractivity contribution in [3.05, 3.63) is 71.3 Å². The highest BCUT2D eigenvalue weighted by Crippen LogP contribution is 2.50. The summed E-state index contributed by atoms with van der Waals surface area (Å²) in [6.07, 6.45) is 2.27. The average Bonchev–Trinajstić information content (AvgIpc) is 2.78. The van der Waals surface area contributed by atoms with Crippen molar-refractivity contribution in [2.75, 3.05) is 0 Å². The van der Waals surface area contributed by atoms with Crippen LogP contribution in [0.25, 0.3) is 0 Å². The van der Waals surface area contributed by atoms with E-state index < -0.39 is 12.5 Å². The van der Waals surface area contributed by atoms with Crippen LogP contribution >= 0.6 is 11.6 Å². The number of rotatable bonds is 2. The summed E-state index contributed by atoms with van der Waals surface area (Å²) in [5.41, 5.74) is 1.80. The predicted octanol–water partition coefficient (Wildman–Crippen LogP) is 5.09. The van der Waals surface area contributed by atoms with Gasteiger partial charge in [0.2, 0.25) is 0 Å². The molecule has 2 aliphatic heterocycles. The molecule has 0 saturated heterocycles. The highest BCUT2D eigenvalue weighted by atomic mass is 35.5. The molecule has 0 spiro atoms. The number of benzene rings is 2. The summed E-state index contributed by atoms with van der Waals surface area (Å²) in [6, 6.07) is 12.0. The first-order chi connectivity index (χ1) is 11.4. The lowest BCUT2D eigenvalue weighted by molar-refractivity contribution is -0.346. The first-order valence-electron chi connectivity index (χ1n) is 7.76. The van der Waals surface area contributed by atoms with Crippen LogP contribution in [-0.4, -0.2) is 17.2 Å². The van der Waals surface area contributed by atoms with Gasteiger partial charge in [-0.2, -0.15) is 0 Å². The zero-order chi connectivity index (χ0) is 17.1. The van der Waals surface area contributed by atoms with E-state index in [4.69, 9.17) is 16.3 Å². The summed E-state index contributed by atoms with van der Waals surface area (Å²) in [6.45, 7) is 5.77. The fourth-order valence-electron chi connectivity index (χ4n) is 3.88. The van der Waals surface area contributed by atoms with E-state index in [9.17, 15) is 8.63 Å². The number of fused-ring (bicyclic) bond motifs is 4. The maximum absolute atomic E-state index is 14.9. The van der Waals surface area contributed by atoms with Crippen LogP contribution in [0.1, 0.15) is 24.5 Å². The largest absolute Gasteiger partial charge is 0.834 e. The molecule has 2 aromatic rings. The summed E-state index contributed by atoms with van der Waals surface area (Å²) in [5.74, 6) is 0.211. The number of nitrogens with zero attached hydrogens (tertiary/aromatic N) is 1. The van der Waals surface area contributed by atoms with E-state index in [0.29, 0.717) is 28.4 Å². The Balaban J connectivity index is 2.11. The van der Waals surface area contributed by atoms with E-state index in [1.807, 2.05) is 19.1 Å². The van der Waals surface area contributed by atoms with Crippen molar-refractivity contribution >= 4 is 30.0 Å². The van der Waals surface area contributed by atoms with Gasteiger partial charge in [-0.05, 0) is 37.6 Å². The van der Waals surface area contributed by atoms with Crippen LogP contribution in [-0.2, 0) is 5.41 Å². The molecule has 2 nitrogen and oxygen atoms in total. The van der Waals surface area contributed by atoms with Crippen LogP contribution in [0, 0.1) is 0 Å². The fourth-order valence-corrected chi connectivity index (χ4v) is 4.05. The average molecular weight is 346 g/mol. The Bertz CT molecular complexity index is 912. The molecule has 0 fully saturated rings. The van der Waals surface area contributed by atoms with Gasteiger partial charge in [-0.1, -0.05) is 29.8 Å². The first kappa shape index (κ1) is 15.4. The summed E-state index contributed by atoms with van der Waals surface area (Å²) in [4.78, 5) is 0. The molecule has 0 radical (unpaired) electrons. The van der Waals surface area contributed by atoms with Gasteiger partial charge in [-0.15, -0.1) is 6.58 Å². The monoisotopic (exact) mass is 345 g/mol. The van der Waals surface area contributed by atoms with E-state index in [1.54, 1.807) is 36.4 Å². The number of para-hydroxylation sites is 1. The molecule has 0 aliphatic carbocycles. The molecule has 6 heteroatoms. The molecule has 1 unspecified atom stereocenters. The minimum Gasteiger partial charge on any atom is -0.599 e. The number of hydrogen-bond acceptors (Lipinski definition) is 1. The molecule has 122 valence electrons. The zero-order valence-corrected chi connectivity index (χ0v) is 13.9. The fraction of sp³-hybridized carbons (Fsp3) is 0.167. The molecule has 2 aromatic carbocycles. The molecule has 0 aromatic heterocycles. The lowest BCUT2D eigenvalue weighted by Gasteiger charge is -2.32.